The van der Waals surface area contributed by atoms with Crippen molar-refractivity contribution in [3.05, 3.63) is 60.2 Å². The summed E-state index contributed by atoms with van der Waals surface area (Å²) in [6.45, 7) is 4.77. The molecule has 0 aliphatic rings. The van der Waals surface area contributed by atoms with Crippen LogP contribution in [0.3, 0.4) is 0 Å². The molecule has 5 nitrogen and oxygen atoms in total. The lowest BCUT2D eigenvalue weighted by Crippen LogP contribution is -2.30. The van der Waals surface area contributed by atoms with E-state index in [4.69, 9.17) is 0 Å². The molecule has 0 aromatic heterocycles. The van der Waals surface area contributed by atoms with Gasteiger partial charge in [0.05, 0.1) is 10.6 Å². The van der Waals surface area contributed by atoms with Gasteiger partial charge in [-0.1, -0.05) is 51.0 Å². The number of hydrogen-bond donors (Lipinski definition) is 1. The van der Waals surface area contributed by atoms with E-state index in [1.165, 1.54) is 23.5 Å². The van der Waals surface area contributed by atoms with Crippen LogP contribution in [-0.2, 0) is 10.0 Å². The lowest BCUT2D eigenvalue weighted by atomic mass is 10.0. The van der Waals surface area contributed by atoms with Gasteiger partial charge >= 0.3 is 0 Å². The summed E-state index contributed by atoms with van der Waals surface area (Å²) in [5, 5.41) is 2.89. The highest BCUT2D eigenvalue weighted by atomic mass is 32.2. The first-order valence-electron chi connectivity index (χ1n) is 8.82. The van der Waals surface area contributed by atoms with E-state index in [0.29, 0.717) is 23.7 Å². The maximum atomic E-state index is 12.9. The second kappa shape index (κ2) is 8.85. The van der Waals surface area contributed by atoms with Crippen LogP contribution < -0.4 is 9.62 Å². The molecule has 0 unspecified atom stereocenters. The molecule has 2 rings (SSSR count). The normalized spacial score (nSPS) is 11.4. The minimum atomic E-state index is -3.74. The number of nitrogens with one attached hydrogen (secondary N) is 1. The van der Waals surface area contributed by atoms with Gasteiger partial charge in [-0.3, -0.25) is 9.10 Å². The van der Waals surface area contributed by atoms with E-state index in [1.54, 1.807) is 36.4 Å². The molecule has 0 spiro atoms. The Kier molecular flexibility index (Phi) is 6.80. The van der Waals surface area contributed by atoms with Crippen molar-refractivity contribution in [3.8, 4) is 0 Å². The van der Waals surface area contributed by atoms with Gasteiger partial charge in [0.1, 0.15) is 0 Å². The van der Waals surface area contributed by atoms with E-state index < -0.39 is 10.0 Å². The van der Waals surface area contributed by atoms with Crippen molar-refractivity contribution >= 4 is 21.6 Å². The molecule has 2 aromatic carbocycles. The Labute approximate surface area is 156 Å². The first kappa shape index (κ1) is 20.0. The smallest absolute Gasteiger partial charge is 0.264 e. The van der Waals surface area contributed by atoms with Gasteiger partial charge < -0.3 is 5.32 Å². The number of sulfonamides is 1. The van der Waals surface area contributed by atoms with Crippen molar-refractivity contribution in [1.82, 2.24) is 5.32 Å². The van der Waals surface area contributed by atoms with E-state index in [1.807, 2.05) is 6.07 Å². The van der Waals surface area contributed by atoms with Gasteiger partial charge in [-0.2, -0.15) is 0 Å². The van der Waals surface area contributed by atoms with E-state index >= 15 is 0 Å². The highest BCUT2D eigenvalue weighted by molar-refractivity contribution is 7.92. The van der Waals surface area contributed by atoms with Crippen LogP contribution in [0.5, 0.6) is 0 Å². The third-order valence-electron chi connectivity index (χ3n) is 4.58. The van der Waals surface area contributed by atoms with Crippen LogP contribution in [0.4, 0.5) is 5.69 Å². The molecule has 0 saturated heterocycles. The van der Waals surface area contributed by atoms with Gasteiger partial charge in [-0.25, -0.2) is 8.42 Å². The molecule has 0 aliphatic heterocycles. The summed E-state index contributed by atoms with van der Waals surface area (Å²) in [5.41, 5.74) is 0.912. The van der Waals surface area contributed by atoms with Gasteiger partial charge in [-0.05, 0) is 36.2 Å². The lowest BCUT2D eigenvalue weighted by molar-refractivity contribution is 0.0946. The molecular weight excluding hydrogens is 348 g/mol. The zero-order valence-electron chi connectivity index (χ0n) is 15.5. The van der Waals surface area contributed by atoms with Crippen molar-refractivity contribution in [3.63, 3.8) is 0 Å². The first-order chi connectivity index (χ1) is 12.4. The molecule has 6 heteroatoms. The van der Waals surface area contributed by atoms with Crippen molar-refractivity contribution < 1.29 is 13.2 Å². The van der Waals surface area contributed by atoms with Crippen molar-refractivity contribution in [1.29, 1.82) is 0 Å². The highest BCUT2D eigenvalue weighted by Gasteiger charge is 2.22. The lowest BCUT2D eigenvalue weighted by Gasteiger charge is -2.20. The van der Waals surface area contributed by atoms with E-state index in [-0.39, 0.29) is 10.8 Å². The molecule has 140 valence electrons. The fourth-order valence-electron chi connectivity index (χ4n) is 2.65. The third-order valence-corrected chi connectivity index (χ3v) is 6.36. The molecule has 1 amide bonds. The van der Waals surface area contributed by atoms with E-state index in [9.17, 15) is 13.2 Å². The molecule has 0 heterocycles. The third kappa shape index (κ3) is 4.64. The maximum absolute atomic E-state index is 12.9. The Morgan fingerprint density at radius 2 is 1.69 bits per heavy atom. The average molecular weight is 375 g/mol. The predicted octanol–water partition coefficient (Wildman–Crippen LogP) is 3.68. The van der Waals surface area contributed by atoms with Crippen LogP contribution >= 0.6 is 0 Å². The van der Waals surface area contributed by atoms with Gasteiger partial charge in [-0.15, -0.1) is 0 Å². The summed E-state index contributed by atoms with van der Waals surface area (Å²) >= 11 is 0. The molecule has 1 N–H and O–H groups in total. The van der Waals surface area contributed by atoms with Crippen LogP contribution in [0.15, 0.2) is 59.5 Å². The molecule has 0 aliphatic carbocycles. The number of para-hydroxylation sites is 1. The summed E-state index contributed by atoms with van der Waals surface area (Å²) in [7, 11) is -2.23. The number of carbonyl (C=O) groups is 1. The summed E-state index contributed by atoms with van der Waals surface area (Å²) in [4.78, 5) is 12.5. The van der Waals surface area contributed by atoms with Crippen LogP contribution in [-0.4, -0.2) is 27.9 Å². The minimum absolute atomic E-state index is 0.0963. The Hall–Kier alpha value is -2.34. The minimum Gasteiger partial charge on any atom is -0.352 e. The highest BCUT2D eigenvalue weighted by Crippen LogP contribution is 2.22. The molecule has 2 aromatic rings. The average Bonchev–Trinajstić information content (AvgIpc) is 2.68. The monoisotopic (exact) mass is 374 g/mol. The summed E-state index contributed by atoms with van der Waals surface area (Å²) in [6.07, 6.45) is 1.99. The van der Waals surface area contributed by atoms with Gasteiger partial charge in [0.15, 0.2) is 0 Å². The van der Waals surface area contributed by atoms with Crippen molar-refractivity contribution in [2.45, 2.75) is 31.6 Å². The fraction of sp³-hybridized carbons (Fsp3) is 0.350. The molecule has 0 saturated carbocycles. The van der Waals surface area contributed by atoms with Gasteiger partial charge in [0.25, 0.3) is 15.9 Å². The zero-order chi connectivity index (χ0) is 19.2. The van der Waals surface area contributed by atoms with E-state index in [2.05, 4.69) is 19.2 Å². The second-order valence-electron chi connectivity index (χ2n) is 6.23. The standard InChI is InChI=1S/C20H26N2O3S/c1-4-16(5-2)15-21-20(23)17-10-9-13-19(14-17)26(24,25)22(3)18-11-7-6-8-12-18/h6-14,16H,4-5,15H2,1-3H3,(H,21,23). The summed E-state index contributed by atoms with van der Waals surface area (Å²) < 4.78 is 26.9. The Bertz CT molecular complexity index is 831. The number of amides is 1. The number of rotatable bonds is 8. The number of hydrogen-bond acceptors (Lipinski definition) is 3. The molecule has 0 bridgehead atoms. The molecule has 0 radical (unpaired) electrons. The van der Waals surface area contributed by atoms with Gasteiger partial charge in [0.2, 0.25) is 0 Å². The van der Waals surface area contributed by atoms with Crippen molar-refractivity contribution in [2.75, 3.05) is 17.9 Å². The maximum Gasteiger partial charge on any atom is 0.264 e. The SMILES string of the molecule is CCC(CC)CNC(=O)c1cccc(S(=O)(=O)N(C)c2ccccc2)c1. The summed E-state index contributed by atoms with van der Waals surface area (Å²) in [5.74, 6) is 0.173. The summed E-state index contributed by atoms with van der Waals surface area (Å²) in [6, 6.07) is 15.0. The quantitative estimate of drug-likeness (QED) is 0.766. The first-order valence-corrected chi connectivity index (χ1v) is 10.3. The predicted molar refractivity (Wildman–Crippen MR) is 105 cm³/mol. The second-order valence-corrected chi connectivity index (χ2v) is 8.20. The Balaban J connectivity index is 2.21. The van der Waals surface area contributed by atoms with Crippen molar-refractivity contribution in [2.24, 2.45) is 5.92 Å². The molecular formula is C20H26N2O3S. The zero-order valence-corrected chi connectivity index (χ0v) is 16.3. The molecule has 0 fully saturated rings. The number of benzene rings is 2. The Morgan fingerprint density at radius 1 is 1.04 bits per heavy atom. The number of carbonyl (C=O) groups excluding carboxylic acids is 1. The molecule has 0 atom stereocenters. The van der Waals surface area contributed by atoms with Crippen LogP contribution in [0.1, 0.15) is 37.0 Å². The number of anilines is 1. The van der Waals surface area contributed by atoms with Crippen LogP contribution in [0.2, 0.25) is 0 Å². The van der Waals surface area contributed by atoms with E-state index in [0.717, 1.165) is 12.8 Å². The Morgan fingerprint density at radius 3 is 2.31 bits per heavy atom. The van der Waals surface area contributed by atoms with Crippen LogP contribution in [0, 0.1) is 5.92 Å². The fourth-order valence-corrected chi connectivity index (χ4v) is 3.89. The topological polar surface area (TPSA) is 66.5 Å². The number of nitrogens with zero attached hydrogens (tertiary/aromatic N) is 1. The largest absolute Gasteiger partial charge is 0.352 e. The van der Waals surface area contributed by atoms with Gasteiger partial charge in [0, 0.05) is 19.2 Å². The van der Waals surface area contributed by atoms with Crippen LogP contribution in [0.25, 0.3) is 0 Å². The molecule has 26 heavy (non-hydrogen) atoms.